The molecule has 5 nitrogen and oxygen atoms in total. The van der Waals surface area contributed by atoms with E-state index >= 15 is 0 Å². The summed E-state index contributed by atoms with van der Waals surface area (Å²) in [5.74, 6) is 2.47. The molecule has 0 fully saturated rings. The number of aryl methyl sites for hydroxylation is 1. The molecule has 4 aromatic rings. The van der Waals surface area contributed by atoms with Gasteiger partial charge in [-0.3, -0.25) is 4.79 Å². The maximum atomic E-state index is 13.2. The zero-order valence-electron chi connectivity index (χ0n) is 18.0. The number of benzene rings is 2. The third-order valence-corrected chi connectivity index (χ3v) is 8.17. The fraction of sp³-hybridized carbons (Fsp3) is 0.240. The van der Waals surface area contributed by atoms with Crippen molar-refractivity contribution < 1.29 is 4.79 Å². The highest BCUT2D eigenvalue weighted by Crippen LogP contribution is 2.32. The second kappa shape index (κ2) is 10.1. The molecule has 0 atom stereocenters. The van der Waals surface area contributed by atoms with Gasteiger partial charge in [-0.15, -0.1) is 33.3 Å². The number of thiophene rings is 1. The Hall–Kier alpha value is -2.61. The Kier molecular flexibility index (Phi) is 6.80. The lowest BCUT2D eigenvalue weighted by atomic mass is 10.1. The van der Waals surface area contributed by atoms with Crippen LogP contribution in [0, 0.1) is 0 Å². The number of nitrogens with one attached hydrogen (secondary N) is 1. The number of rotatable bonds is 6. The van der Waals surface area contributed by atoms with Gasteiger partial charge in [-0.25, -0.2) is 0 Å². The third-order valence-electron chi connectivity index (χ3n) is 5.66. The van der Waals surface area contributed by atoms with Gasteiger partial charge in [0.05, 0.1) is 10.6 Å². The van der Waals surface area contributed by atoms with Gasteiger partial charge in [0, 0.05) is 39.7 Å². The van der Waals surface area contributed by atoms with E-state index in [9.17, 15) is 4.79 Å². The summed E-state index contributed by atoms with van der Waals surface area (Å²) in [5.41, 5.74) is 2.13. The molecule has 1 aliphatic heterocycles. The van der Waals surface area contributed by atoms with E-state index in [1.807, 2.05) is 48.5 Å². The average Bonchev–Trinajstić information content (AvgIpc) is 3.44. The standard InChI is InChI=1S/C25H23ClN4OS2/c26-21-12-11-17(15-20(21)24-29-28-23-10-2-1-5-13-30(23)24)27-25(31)19-8-3-4-9-22(19)33-16-18-7-6-14-32-18/h3-4,6-9,11-12,14-15H,1-2,5,10,13,16H2,(H,27,31). The van der Waals surface area contributed by atoms with Gasteiger partial charge in [0.2, 0.25) is 0 Å². The van der Waals surface area contributed by atoms with E-state index in [-0.39, 0.29) is 5.91 Å². The van der Waals surface area contributed by atoms with E-state index in [2.05, 4.69) is 31.5 Å². The number of hydrogen-bond donors (Lipinski definition) is 1. The molecule has 1 amide bonds. The molecule has 0 bridgehead atoms. The quantitative estimate of drug-likeness (QED) is 0.295. The molecule has 0 unspecified atom stereocenters. The second-order valence-electron chi connectivity index (χ2n) is 7.92. The van der Waals surface area contributed by atoms with E-state index in [0.29, 0.717) is 16.3 Å². The monoisotopic (exact) mass is 494 g/mol. The first-order chi connectivity index (χ1) is 16.2. The van der Waals surface area contributed by atoms with Crippen molar-refractivity contribution in [2.45, 2.75) is 42.9 Å². The summed E-state index contributed by atoms with van der Waals surface area (Å²) in [6.07, 6.45) is 4.36. The molecular formula is C25H23ClN4OS2. The molecule has 0 saturated heterocycles. The number of halogens is 1. The molecule has 1 N–H and O–H groups in total. The lowest BCUT2D eigenvalue weighted by Gasteiger charge is -2.12. The van der Waals surface area contributed by atoms with Crippen molar-refractivity contribution in [2.24, 2.45) is 0 Å². The van der Waals surface area contributed by atoms with Crippen LogP contribution in [0.2, 0.25) is 5.02 Å². The van der Waals surface area contributed by atoms with Crippen LogP contribution >= 0.6 is 34.7 Å². The van der Waals surface area contributed by atoms with Crippen LogP contribution in [0.25, 0.3) is 11.4 Å². The van der Waals surface area contributed by atoms with Gasteiger partial charge in [0.15, 0.2) is 5.82 Å². The largest absolute Gasteiger partial charge is 0.322 e. The summed E-state index contributed by atoms with van der Waals surface area (Å²) in [6.45, 7) is 0.888. The summed E-state index contributed by atoms with van der Waals surface area (Å²) in [7, 11) is 0. The number of nitrogens with zero attached hydrogens (tertiary/aromatic N) is 3. The summed E-state index contributed by atoms with van der Waals surface area (Å²) >= 11 is 9.94. The average molecular weight is 495 g/mol. The zero-order chi connectivity index (χ0) is 22.6. The Labute approximate surface area is 206 Å². The molecule has 0 aliphatic carbocycles. The summed E-state index contributed by atoms with van der Waals surface area (Å²) < 4.78 is 2.16. The molecular weight excluding hydrogens is 472 g/mol. The highest BCUT2D eigenvalue weighted by Gasteiger charge is 2.19. The molecule has 5 rings (SSSR count). The van der Waals surface area contributed by atoms with Crippen LogP contribution in [-0.4, -0.2) is 20.7 Å². The minimum absolute atomic E-state index is 0.141. The van der Waals surface area contributed by atoms with Gasteiger partial charge in [0.1, 0.15) is 5.82 Å². The van der Waals surface area contributed by atoms with E-state index < -0.39 is 0 Å². The van der Waals surface area contributed by atoms with Crippen LogP contribution in [0.15, 0.2) is 64.9 Å². The van der Waals surface area contributed by atoms with Gasteiger partial charge in [-0.05, 0) is 54.6 Å². The number of thioether (sulfide) groups is 1. The number of amides is 1. The van der Waals surface area contributed by atoms with Crippen molar-refractivity contribution in [1.82, 2.24) is 14.8 Å². The molecule has 168 valence electrons. The number of carbonyl (C=O) groups excluding carboxylic acids is 1. The smallest absolute Gasteiger partial charge is 0.256 e. The Morgan fingerprint density at radius 3 is 2.88 bits per heavy atom. The van der Waals surface area contributed by atoms with Crippen molar-refractivity contribution in [3.63, 3.8) is 0 Å². The van der Waals surface area contributed by atoms with Crippen LogP contribution in [0.4, 0.5) is 5.69 Å². The molecule has 2 aromatic carbocycles. The number of carbonyl (C=O) groups is 1. The van der Waals surface area contributed by atoms with Crippen LogP contribution in [0.3, 0.4) is 0 Å². The molecule has 2 aromatic heterocycles. The zero-order valence-corrected chi connectivity index (χ0v) is 20.3. The fourth-order valence-electron chi connectivity index (χ4n) is 3.98. The normalized spacial score (nSPS) is 13.4. The SMILES string of the molecule is O=C(Nc1ccc(Cl)c(-c2nnc3n2CCCCC3)c1)c1ccccc1SCc1cccs1. The van der Waals surface area contributed by atoms with E-state index in [0.717, 1.165) is 53.7 Å². The van der Waals surface area contributed by atoms with Gasteiger partial charge in [0.25, 0.3) is 5.91 Å². The van der Waals surface area contributed by atoms with E-state index in [1.165, 1.54) is 11.3 Å². The second-order valence-corrected chi connectivity index (χ2v) is 10.4. The van der Waals surface area contributed by atoms with Gasteiger partial charge in [-0.2, -0.15) is 0 Å². The van der Waals surface area contributed by atoms with Gasteiger partial charge in [-0.1, -0.05) is 36.2 Å². The summed E-state index contributed by atoms with van der Waals surface area (Å²) in [4.78, 5) is 15.4. The molecule has 0 radical (unpaired) electrons. The van der Waals surface area contributed by atoms with Gasteiger partial charge < -0.3 is 9.88 Å². The molecule has 33 heavy (non-hydrogen) atoms. The Bertz CT molecular complexity index is 1270. The van der Waals surface area contributed by atoms with Crippen LogP contribution in [-0.2, 0) is 18.7 Å². The maximum absolute atomic E-state index is 13.2. The van der Waals surface area contributed by atoms with Crippen LogP contribution in [0.1, 0.15) is 40.3 Å². The minimum atomic E-state index is -0.141. The predicted molar refractivity (Wildman–Crippen MR) is 136 cm³/mol. The van der Waals surface area contributed by atoms with Crippen LogP contribution in [0.5, 0.6) is 0 Å². The lowest BCUT2D eigenvalue weighted by molar-refractivity contribution is 0.102. The molecule has 0 spiro atoms. The third kappa shape index (κ3) is 5.00. The topological polar surface area (TPSA) is 59.8 Å². The minimum Gasteiger partial charge on any atom is -0.322 e. The molecule has 0 saturated carbocycles. The van der Waals surface area contributed by atoms with Crippen molar-refractivity contribution in [1.29, 1.82) is 0 Å². The molecule has 8 heteroatoms. The maximum Gasteiger partial charge on any atom is 0.256 e. The van der Waals surface area contributed by atoms with Crippen LogP contribution < -0.4 is 5.32 Å². The lowest BCUT2D eigenvalue weighted by Crippen LogP contribution is -2.13. The Morgan fingerprint density at radius 2 is 2.00 bits per heavy atom. The first-order valence-corrected chi connectivity index (χ1v) is 13.2. The number of aromatic nitrogens is 3. The molecule has 3 heterocycles. The predicted octanol–water partition coefficient (Wildman–Crippen LogP) is 6.93. The van der Waals surface area contributed by atoms with E-state index in [4.69, 9.17) is 11.6 Å². The number of fused-ring (bicyclic) bond motifs is 1. The summed E-state index contributed by atoms with van der Waals surface area (Å²) in [5, 5.41) is 14.5. The van der Waals surface area contributed by atoms with Crippen molar-refractivity contribution in [3.8, 4) is 11.4 Å². The van der Waals surface area contributed by atoms with E-state index in [1.54, 1.807) is 23.1 Å². The number of anilines is 1. The molecule has 1 aliphatic rings. The Morgan fingerprint density at radius 1 is 1.09 bits per heavy atom. The van der Waals surface area contributed by atoms with Crippen molar-refractivity contribution in [3.05, 3.63) is 81.3 Å². The van der Waals surface area contributed by atoms with Crippen molar-refractivity contribution >= 4 is 46.3 Å². The first-order valence-electron chi connectivity index (χ1n) is 11.0. The number of hydrogen-bond acceptors (Lipinski definition) is 5. The first kappa shape index (κ1) is 22.2. The van der Waals surface area contributed by atoms with Gasteiger partial charge >= 0.3 is 0 Å². The highest BCUT2D eigenvalue weighted by molar-refractivity contribution is 7.98. The Balaban J connectivity index is 1.38. The highest BCUT2D eigenvalue weighted by atomic mass is 35.5. The fourth-order valence-corrected chi connectivity index (χ4v) is 6.01. The summed E-state index contributed by atoms with van der Waals surface area (Å²) in [6, 6.07) is 17.4. The van der Waals surface area contributed by atoms with Crippen molar-refractivity contribution in [2.75, 3.05) is 5.32 Å².